The van der Waals surface area contributed by atoms with Crippen molar-refractivity contribution in [2.45, 2.75) is 57.4 Å². The summed E-state index contributed by atoms with van der Waals surface area (Å²) in [5.41, 5.74) is 1.75. The maximum atomic E-state index is 4.39. The summed E-state index contributed by atoms with van der Waals surface area (Å²) < 4.78 is 0. The number of rotatable bonds is 9. The van der Waals surface area contributed by atoms with E-state index in [1.165, 1.54) is 37.7 Å². The van der Waals surface area contributed by atoms with Crippen molar-refractivity contribution in [3.63, 3.8) is 0 Å². The van der Waals surface area contributed by atoms with E-state index in [0.717, 1.165) is 25.6 Å². The van der Waals surface area contributed by atoms with Gasteiger partial charge in [0.25, 0.3) is 0 Å². The second-order valence-electron chi connectivity index (χ2n) is 7.63. The van der Waals surface area contributed by atoms with Crippen molar-refractivity contribution < 1.29 is 0 Å². The van der Waals surface area contributed by atoms with Crippen molar-refractivity contribution in [1.29, 1.82) is 0 Å². The molecule has 4 nitrogen and oxygen atoms in total. The van der Waals surface area contributed by atoms with Gasteiger partial charge in [-0.05, 0) is 58.7 Å². The van der Waals surface area contributed by atoms with Crippen LogP contribution in [0.25, 0.3) is 0 Å². The molecular formula is C21H37IN4. The van der Waals surface area contributed by atoms with Gasteiger partial charge in [0.15, 0.2) is 5.96 Å². The molecule has 1 aromatic rings. The number of nitrogens with one attached hydrogen (secondary N) is 2. The maximum absolute atomic E-state index is 4.39. The van der Waals surface area contributed by atoms with Gasteiger partial charge in [-0.2, -0.15) is 0 Å². The molecule has 0 radical (unpaired) electrons. The summed E-state index contributed by atoms with van der Waals surface area (Å²) in [4.78, 5) is 6.78. The van der Waals surface area contributed by atoms with Crippen LogP contribution < -0.4 is 10.6 Å². The van der Waals surface area contributed by atoms with E-state index in [1.54, 1.807) is 0 Å². The Kier molecular flexibility index (Phi) is 10.5. The fraction of sp³-hybridized carbons (Fsp3) is 0.667. The van der Waals surface area contributed by atoms with E-state index in [0.29, 0.717) is 11.5 Å². The lowest BCUT2D eigenvalue weighted by atomic mass is 9.64. The number of hydrogen-bond acceptors (Lipinski definition) is 2. The molecule has 1 saturated carbocycles. The molecule has 1 fully saturated rings. The van der Waals surface area contributed by atoms with E-state index in [1.807, 2.05) is 7.05 Å². The van der Waals surface area contributed by atoms with E-state index in [9.17, 15) is 0 Å². The minimum atomic E-state index is 0. The van der Waals surface area contributed by atoms with Crippen LogP contribution in [0.5, 0.6) is 0 Å². The first-order chi connectivity index (χ1) is 12.1. The van der Waals surface area contributed by atoms with Crippen LogP contribution in [0.2, 0.25) is 0 Å². The molecule has 1 aliphatic carbocycles. The average molecular weight is 472 g/mol. The van der Waals surface area contributed by atoms with Crippen LogP contribution in [0.3, 0.4) is 0 Å². The zero-order chi connectivity index (χ0) is 18.1. The molecule has 0 aromatic heterocycles. The van der Waals surface area contributed by atoms with Crippen molar-refractivity contribution >= 4 is 29.9 Å². The van der Waals surface area contributed by atoms with Gasteiger partial charge in [0, 0.05) is 31.6 Å². The van der Waals surface area contributed by atoms with Gasteiger partial charge in [-0.25, -0.2) is 0 Å². The Balaban J connectivity index is 0.00000338. The summed E-state index contributed by atoms with van der Waals surface area (Å²) in [5, 5.41) is 7.02. The first-order valence-corrected chi connectivity index (χ1v) is 9.78. The number of benzene rings is 1. The normalized spacial score (nSPS) is 16.2. The lowest BCUT2D eigenvalue weighted by molar-refractivity contribution is 0.243. The lowest BCUT2D eigenvalue weighted by Gasteiger charge is -2.43. The standard InChI is InChI=1S/C21H36N4.HI/c1-18(2)25(4)16-9-8-15-23-20(22-3)24-17-21(13-10-14-21)19-11-6-5-7-12-19;/h5-7,11-12,18H,8-10,13-17H2,1-4H3,(H2,22,23,24);1H. The number of guanidine groups is 1. The van der Waals surface area contributed by atoms with E-state index < -0.39 is 0 Å². The number of nitrogens with zero attached hydrogens (tertiary/aromatic N) is 2. The highest BCUT2D eigenvalue weighted by molar-refractivity contribution is 14.0. The van der Waals surface area contributed by atoms with E-state index in [4.69, 9.17) is 0 Å². The fourth-order valence-corrected chi connectivity index (χ4v) is 3.39. The smallest absolute Gasteiger partial charge is 0.191 e. The van der Waals surface area contributed by atoms with Crippen molar-refractivity contribution in [3.05, 3.63) is 35.9 Å². The second kappa shape index (κ2) is 11.8. The summed E-state index contributed by atoms with van der Waals surface area (Å²) in [6, 6.07) is 11.6. The Bertz CT molecular complexity index is 526. The minimum Gasteiger partial charge on any atom is -0.356 e. The van der Waals surface area contributed by atoms with Crippen LogP contribution in [0.4, 0.5) is 0 Å². The third-order valence-corrected chi connectivity index (χ3v) is 5.63. The molecule has 0 aliphatic heterocycles. The summed E-state index contributed by atoms with van der Waals surface area (Å²) in [6.45, 7) is 7.58. The molecule has 0 saturated heterocycles. The van der Waals surface area contributed by atoms with Gasteiger partial charge in [-0.1, -0.05) is 36.8 Å². The molecule has 0 unspecified atom stereocenters. The van der Waals surface area contributed by atoms with E-state index >= 15 is 0 Å². The third-order valence-electron chi connectivity index (χ3n) is 5.63. The van der Waals surface area contributed by atoms with Crippen LogP contribution in [0.15, 0.2) is 35.3 Å². The van der Waals surface area contributed by atoms with Gasteiger partial charge < -0.3 is 15.5 Å². The van der Waals surface area contributed by atoms with Crippen molar-refractivity contribution in [2.24, 2.45) is 4.99 Å². The average Bonchev–Trinajstić information content (AvgIpc) is 2.59. The summed E-state index contributed by atoms with van der Waals surface area (Å²) in [7, 11) is 4.05. The highest BCUT2D eigenvalue weighted by atomic mass is 127. The molecule has 0 atom stereocenters. The second-order valence-corrected chi connectivity index (χ2v) is 7.63. The topological polar surface area (TPSA) is 39.7 Å². The molecule has 148 valence electrons. The lowest BCUT2D eigenvalue weighted by Crippen LogP contribution is -2.49. The number of unbranched alkanes of at least 4 members (excludes halogenated alkanes) is 1. The molecule has 2 rings (SSSR count). The zero-order valence-electron chi connectivity index (χ0n) is 16.9. The first-order valence-electron chi connectivity index (χ1n) is 9.78. The number of hydrogen-bond donors (Lipinski definition) is 2. The molecule has 2 N–H and O–H groups in total. The Morgan fingerprint density at radius 2 is 1.85 bits per heavy atom. The van der Waals surface area contributed by atoms with Gasteiger partial charge in [0.2, 0.25) is 0 Å². The van der Waals surface area contributed by atoms with Gasteiger partial charge in [-0.15, -0.1) is 24.0 Å². The zero-order valence-corrected chi connectivity index (χ0v) is 19.3. The fourth-order valence-electron chi connectivity index (χ4n) is 3.39. The third kappa shape index (κ3) is 6.72. The molecular weight excluding hydrogens is 435 g/mol. The Labute approximate surface area is 177 Å². The summed E-state index contributed by atoms with van der Waals surface area (Å²) in [5.74, 6) is 0.930. The predicted molar refractivity (Wildman–Crippen MR) is 124 cm³/mol. The molecule has 5 heteroatoms. The quantitative estimate of drug-likeness (QED) is 0.247. The molecule has 26 heavy (non-hydrogen) atoms. The predicted octanol–water partition coefficient (Wildman–Crippen LogP) is 4.01. The van der Waals surface area contributed by atoms with Gasteiger partial charge >= 0.3 is 0 Å². The monoisotopic (exact) mass is 472 g/mol. The summed E-state index contributed by atoms with van der Waals surface area (Å²) in [6.07, 6.45) is 6.24. The Morgan fingerprint density at radius 3 is 2.38 bits per heavy atom. The van der Waals surface area contributed by atoms with Gasteiger partial charge in [0.05, 0.1) is 0 Å². The van der Waals surface area contributed by atoms with Crippen LogP contribution in [0, 0.1) is 0 Å². The van der Waals surface area contributed by atoms with Crippen molar-refractivity contribution in [3.8, 4) is 0 Å². The SMILES string of the molecule is CN=C(NCCCCN(C)C(C)C)NCC1(c2ccccc2)CCC1.I. The molecule has 1 aliphatic rings. The van der Waals surface area contributed by atoms with Crippen molar-refractivity contribution in [2.75, 3.05) is 33.7 Å². The molecule has 0 bridgehead atoms. The largest absolute Gasteiger partial charge is 0.356 e. The Hall–Kier alpha value is -0.820. The first kappa shape index (κ1) is 23.2. The van der Waals surface area contributed by atoms with Gasteiger partial charge in [0.1, 0.15) is 0 Å². The van der Waals surface area contributed by atoms with Gasteiger partial charge in [-0.3, -0.25) is 4.99 Å². The number of halogens is 1. The van der Waals surface area contributed by atoms with Crippen LogP contribution >= 0.6 is 24.0 Å². The molecule has 0 amide bonds. The summed E-state index contributed by atoms with van der Waals surface area (Å²) >= 11 is 0. The Morgan fingerprint density at radius 1 is 1.15 bits per heavy atom. The number of aliphatic imine (C=N–C) groups is 1. The maximum Gasteiger partial charge on any atom is 0.191 e. The highest BCUT2D eigenvalue weighted by Gasteiger charge is 2.38. The van der Waals surface area contributed by atoms with E-state index in [-0.39, 0.29) is 24.0 Å². The van der Waals surface area contributed by atoms with Crippen LogP contribution in [-0.4, -0.2) is 50.6 Å². The van der Waals surface area contributed by atoms with Crippen molar-refractivity contribution in [1.82, 2.24) is 15.5 Å². The van der Waals surface area contributed by atoms with E-state index in [2.05, 4.69) is 71.8 Å². The molecule has 0 heterocycles. The molecule has 0 spiro atoms. The van der Waals surface area contributed by atoms with Crippen LogP contribution in [0.1, 0.15) is 51.5 Å². The minimum absolute atomic E-state index is 0. The van der Waals surface area contributed by atoms with Crippen LogP contribution in [-0.2, 0) is 5.41 Å². The molecule has 1 aromatic carbocycles. The highest BCUT2D eigenvalue weighted by Crippen LogP contribution is 2.43.